The number of aliphatic carboxylic acids is 2. The first-order valence-corrected chi connectivity index (χ1v) is 12.0. The summed E-state index contributed by atoms with van der Waals surface area (Å²) in [5.41, 5.74) is -2.47. The molecular formula is C19H22N6O9S2. The maximum atomic E-state index is 13.1. The fourth-order valence-electron chi connectivity index (χ4n) is 3.10. The van der Waals surface area contributed by atoms with E-state index < -0.39 is 52.5 Å². The van der Waals surface area contributed by atoms with Crippen LogP contribution in [0.25, 0.3) is 0 Å². The van der Waals surface area contributed by atoms with Crippen molar-refractivity contribution in [2.24, 2.45) is 5.16 Å². The normalized spacial score (nSPS) is 19.8. The summed E-state index contributed by atoms with van der Waals surface area (Å²) in [7, 11) is 0. The number of β-lactam (4-membered cyclic amide) rings is 1. The Labute approximate surface area is 211 Å². The predicted octanol–water partition coefficient (Wildman–Crippen LogP) is -1.37. The summed E-state index contributed by atoms with van der Waals surface area (Å²) in [6.07, 6.45) is 0. The Bertz CT molecular complexity index is 1260. The standard InChI is InChI=1S/C19H22N6O9S2/c1-7(26)33-4-8-5-35-15-11(14(28)24(15)12(8)16(29)30)22-13(27)10(9-6-36-18(20)25(9)21)23-34-19(2,3)17(31)32/h6,11,15,20H,4-5,21H2,1-3H3,(H,22,27)(H,29,30)(H,31,32)/t11-,15+/m1/s1. The van der Waals surface area contributed by atoms with E-state index in [9.17, 15) is 34.2 Å². The number of nitrogens with two attached hydrogens (primary N) is 1. The number of amides is 2. The van der Waals surface area contributed by atoms with E-state index in [1.165, 1.54) is 26.2 Å². The average molecular weight is 543 g/mol. The van der Waals surface area contributed by atoms with E-state index in [-0.39, 0.29) is 34.1 Å². The Morgan fingerprint density at radius 2 is 2.00 bits per heavy atom. The summed E-state index contributed by atoms with van der Waals surface area (Å²) in [6, 6.07) is -1.15. The number of nitrogens with zero attached hydrogens (tertiary/aromatic N) is 3. The van der Waals surface area contributed by atoms with Crippen LogP contribution >= 0.6 is 23.1 Å². The molecule has 1 saturated heterocycles. The molecule has 3 rings (SSSR count). The van der Waals surface area contributed by atoms with Crippen molar-refractivity contribution in [3.05, 3.63) is 27.1 Å². The zero-order valence-corrected chi connectivity index (χ0v) is 20.8. The highest BCUT2D eigenvalue weighted by Crippen LogP contribution is 2.40. The number of aromatic nitrogens is 1. The monoisotopic (exact) mass is 542 g/mol. The smallest absolute Gasteiger partial charge is 0.352 e. The Balaban J connectivity index is 1.86. The summed E-state index contributed by atoms with van der Waals surface area (Å²) in [6.45, 7) is 3.28. The number of thioether (sulfide) groups is 1. The second kappa shape index (κ2) is 10.0. The largest absolute Gasteiger partial charge is 0.478 e. The van der Waals surface area contributed by atoms with Crippen LogP contribution in [0.3, 0.4) is 0 Å². The molecule has 0 aliphatic carbocycles. The lowest BCUT2D eigenvalue weighted by Gasteiger charge is -2.49. The lowest BCUT2D eigenvalue weighted by Crippen LogP contribution is -2.71. The lowest BCUT2D eigenvalue weighted by atomic mass is 10.0. The topological polar surface area (TPSA) is 227 Å². The Kier molecular flexibility index (Phi) is 7.44. The van der Waals surface area contributed by atoms with Crippen LogP contribution in [0.4, 0.5) is 0 Å². The van der Waals surface area contributed by atoms with Crippen molar-refractivity contribution in [1.82, 2.24) is 14.9 Å². The number of hydrogen-bond acceptors (Lipinski definition) is 12. The third-order valence-electron chi connectivity index (χ3n) is 5.08. The van der Waals surface area contributed by atoms with Crippen LogP contribution in [0.2, 0.25) is 0 Å². The molecule has 2 amide bonds. The first-order chi connectivity index (χ1) is 16.8. The van der Waals surface area contributed by atoms with Crippen molar-refractivity contribution < 1.29 is 43.8 Å². The van der Waals surface area contributed by atoms with Crippen molar-refractivity contribution >= 4 is 58.5 Å². The highest BCUT2D eigenvalue weighted by atomic mass is 32.2. The highest BCUT2D eigenvalue weighted by molar-refractivity contribution is 8.00. The van der Waals surface area contributed by atoms with Crippen molar-refractivity contribution in [2.45, 2.75) is 37.8 Å². The first kappa shape index (κ1) is 26.7. The van der Waals surface area contributed by atoms with Crippen LogP contribution in [0.1, 0.15) is 26.5 Å². The molecule has 0 saturated carbocycles. The number of hydrogen-bond donors (Lipinski definition) is 5. The minimum Gasteiger partial charge on any atom is -0.478 e. The lowest BCUT2D eigenvalue weighted by molar-refractivity contribution is -0.161. The van der Waals surface area contributed by atoms with Gasteiger partial charge >= 0.3 is 17.9 Å². The summed E-state index contributed by atoms with van der Waals surface area (Å²) in [5, 5.41) is 33.3. The quantitative estimate of drug-likeness (QED) is 0.0804. The predicted molar refractivity (Wildman–Crippen MR) is 124 cm³/mol. The molecule has 2 aliphatic rings. The molecule has 15 nitrogen and oxygen atoms in total. The fourth-order valence-corrected chi connectivity index (χ4v) is 5.09. The Morgan fingerprint density at radius 1 is 1.33 bits per heavy atom. The minimum absolute atomic E-state index is 0.0709. The zero-order chi connectivity index (χ0) is 26.9. The molecule has 0 bridgehead atoms. The van der Waals surface area contributed by atoms with Crippen molar-refractivity contribution in [1.29, 1.82) is 5.41 Å². The maximum Gasteiger partial charge on any atom is 0.352 e. The Hall–Kier alpha value is -3.86. The SMILES string of the molecule is CC(=O)OCC1=C(C(=O)O)N2C(=O)[C@@H](NC(=O)C(=NOC(C)(C)C(=O)O)c3csc(=N)n3N)[C@@H]2SC1. The van der Waals surface area contributed by atoms with E-state index in [1.54, 1.807) is 0 Å². The molecule has 0 aromatic carbocycles. The van der Waals surface area contributed by atoms with Gasteiger partial charge in [-0.15, -0.1) is 23.1 Å². The molecule has 36 heavy (non-hydrogen) atoms. The highest BCUT2D eigenvalue weighted by Gasteiger charge is 2.54. The molecule has 2 atom stereocenters. The van der Waals surface area contributed by atoms with Gasteiger partial charge in [0.1, 0.15) is 29.4 Å². The fraction of sp³-hybridized carbons (Fsp3) is 0.421. The third kappa shape index (κ3) is 5.06. The summed E-state index contributed by atoms with van der Waals surface area (Å²) < 4.78 is 5.71. The molecule has 1 aromatic rings. The Morgan fingerprint density at radius 3 is 2.53 bits per heavy atom. The molecule has 1 aromatic heterocycles. The molecule has 0 unspecified atom stereocenters. The van der Waals surface area contributed by atoms with E-state index in [1.807, 2.05) is 0 Å². The van der Waals surface area contributed by atoms with Gasteiger partial charge in [-0.3, -0.25) is 24.7 Å². The van der Waals surface area contributed by atoms with Gasteiger partial charge in [0.05, 0.1) is 0 Å². The van der Waals surface area contributed by atoms with Gasteiger partial charge in [0.25, 0.3) is 11.8 Å². The van der Waals surface area contributed by atoms with Gasteiger partial charge < -0.3 is 30.9 Å². The van der Waals surface area contributed by atoms with E-state index in [2.05, 4.69) is 10.5 Å². The number of esters is 1. The number of thiazole rings is 1. The van der Waals surface area contributed by atoms with Gasteiger partial charge in [-0.1, -0.05) is 5.16 Å². The molecule has 0 radical (unpaired) electrons. The molecule has 0 spiro atoms. The molecule has 2 aliphatic heterocycles. The van der Waals surface area contributed by atoms with Gasteiger partial charge in [-0.25, -0.2) is 14.3 Å². The van der Waals surface area contributed by atoms with Gasteiger partial charge in [-0.05, 0) is 13.8 Å². The molecular weight excluding hydrogens is 520 g/mol. The van der Waals surface area contributed by atoms with Crippen LogP contribution in [-0.4, -0.2) is 84.6 Å². The van der Waals surface area contributed by atoms with Gasteiger partial charge in [0.2, 0.25) is 10.4 Å². The van der Waals surface area contributed by atoms with Crippen LogP contribution in [0.15, 0.2) is 21.8 Å². The third-order valence-corrected chi connectivity index (χ3v) is 7.19. The van der Waals surface area contributed by atoms with E-state index >= 15 is 0 Å². The van der Waals surface area contributed by atoms with E-state index in [4.69, 9.17) is 20.8 Å². The van der Waals surface area contributed by atoms with Crippen LogP contribution in [0, 0.1) is 5.41 Å². The van der Waals surface area contributed by atoms with E-state index in [0.29, 0.717) is 0 Å². The van der Waals surface area contributed by atoms with Gasteiger partial charge in [-0.2, -0.15) is 0 Å². The molecule has 3 heterocycles. The number of oxime groups is 1. The summed E-state index contributed by atoms with van der Waals surface area (Å²) >= 11 is 2.02. The van der Waals surface area contributed by atoms with Crippen molar-refractivity contribution in [3.8, 4) is 0 Å². The number of carbonyl (C=O) groups excluding carboxylic acids is 3. The van der Waals surface area contributed by atoms with Crippen LogP contribution in [0.5, 0.6) is 0 Å². The average Bonchev–Trinajstić information content (AvgIpc) is 3.13. The number of nitrogens with one attached hydrogen (secondary N) is 2. The van der Waals surface area contributed by atoms with Gasteiger partial charge in [0.15, 0.2) is 5.71 Å². The second-order valence-electron chi connectivity index (χ2n) is 8.04. The van der Waals surface area contributed by atoms with Gasteiger partial charge in [0, 0.05) is 23.6 Å². The maximum absolute atomic E-state index is 13.1. The summed E-state index contributed by atoms with van der Waals surface area (Å²) in [5.74, 6) is 0.867. The number of carboxylic acids is 2. The van der Waals surface area contributed by atoms with Crippen molar-refractivity contribution in [3.63, 3.8) is 0 Å². The number of rotatable bonds is 9. The summed E-state index contributed by atoms with van der Waals surface area (Å²) in [4.78, 5) is 66.2. The first-order valence-electron chi connectivity index (χ1n) is 10.1. The number of fused-ring (bicyclic) bond motifs is 1. The number of nitrogen functional groups attached to an aromatic ring is 1. The molecule has 1 fully saturated rings. The molecule has 6 N–H and O–H groups in total. The van der Waals surface area contributed by atoms with E-state index in [0.717, 1.165) is 32.7 Å². The van der Waals surface area contributed by atoms with Crippen LogP contribution in [-0.2, 0) is 33.5 Å². The van der Waals surface area contributed by atoms with Crippen molar-refractivity contribution in [2.75, 3.05) is 18.2 Å². The second-order valence-corrected chi connectivity index (χ2v) is 10.0. The van der Waals surface area contributed by atoms with Crippen LogP contribution < -0.4 is 16.0 Å². The number of ether oxygens (including phenoxy) is 1. The number of carboxylic acid groups (broad SMARTS) is 2. The molecule has 194 valence electrons. The minimum atomic E-state index is -1.81. The zero-order valence-electron chi connectivity index (χ0n) is 19.1. The number of carbonyl (C=O) groups is 5. The molecule has 17 heteroatoms.